The van der Waals surface area contributed by atoms with Crippen LogP contribution in [0, 0.1) is 0 Å². The molecule has 0 radical (unpaired) electrons. The van der Waals surface area contributed by atoms with Crippen molar-refractivity contribution in [2.75, 3.05) is 23.1 Å². The largest absolute Gasteiger partial charge is 0.416 e. The Labute approximate surface area is 173 Å². The van der Waals surface area contributed by atoms with Gasteiger partial charge in [-0.15, -0.1) is 0 Å². The van der Waals surface area contributed by atoms with Crippen molar-refractivity contribution in [3.63, 3.8) is 0 Å². The summed E-state index contributed by atoms with van der Waals surface area (Å²) in [6.07, 6.45) is -0.489. The Kier molecular flexibility index (Phi) is 6.55. The number of nitrogens with one attached hydrogen (secondary N) is 2. The van der Waals surface area contributed by atoms with Crippen molar-refractivity contribution in [1.29, 1.82) is 0 Å². The van der Waals surface area contributed by atoms with Crippen LogP contribution in [0.3, 0.4) is 0 Å². The molecule has 0 aliphatic carbocycles. The van der Waals surface area contributed by atoms with Gasteiger partial charge in [0.25, 0.3) is 10.0 Å². The molecule has 6 nitrogen and oxygen atoms in total. The van der Waals surface area contributed by atoms with E-state index >= 15 is 0 Å². The molecule has 3 rings (SSSR count). The third-order valence-electron chi connectivity index (χ3n) is 4.75. The van der Waals surface area contributed by atoms with E-state index < -0.39 is 21.8 Å². The highest BCUT2D eigenvalue weighted by atomic mass is 32.2. The first-order valence-corrected chi connectivity index (χ1v) is 11.0. The van der Waals surface area contributed by atoms with E-state index in [1.165, 1.54) is 30.3 Å². The summed E-state index contributed by atoms with van der Waals surface area (Å²) in [6.45, 7) is 1.36. The van der Waals surface area contributed by atoms with E-state index in [2.05, 4.69) is 10.0 Å². The third-order valence-corrected chi connectivity index (χ3v) is 6.15. The van der Waals surface area contributed by atoms with E-state index in [9.17, 15) is 26.4 Å². The van der Waals surface area contributed by atoms with E-state index in [1.807, 2.05) is 0 Å². The van der Waals surface area contributed by atoms with Gasteiger partial charge in [0.1, 0.15) is 0 Å². The van der Waals surface area contributed by atoms with Crippen LogP contribution in [0.1, 0.15) is 31.2 Å². The third kappa shape index (κ3) is 5.65. The molecule has 0 bridgehead atoms. The highest BCUT2D eigenvalue weighted by molar-refractivity contribution is 7.92. The molecule has 2 aromatic carbocycles. The molecular formula is C20H22F3N3O3S. The lowest BCUT2D eigenvalue weighted by atomic mass is 10.2. The standard InChI is InChI=1S/C20H22F3N3O3S/c21-20(22,23)15-6-5-7-17(14-15)25-30(28,29)18-10-8-16(9-11-18)24-19(27)26-12-3-1-2-4-13-26/h5-11,14,25H,1-4,12-13H2,(H,24,27). The van der Waals surface area contributed by atoms with Gasteiger partial charge in [0.15, 0.2) is 0 Å². The zero-order chi connectivity index (χ0) is 21.8. The number of amides is 2. The van der Waals surface area contributed by atoms with Gasteiger partial charge >= 0.3 is 12.2 Å². The zero-order valence-electron chi connectivity index (χ0n) is 16.1. The van der Waals surface area contributed by atoms with Gasteiger partial charge in [-0.2, -0.15) is 13.2 Å². The number of hydrogen-bond donors (Lipinski definition) is 2. The average molecular weight is 441 g/mol. The second kappa shape index (κ2) is 8.95. The summed E-state index contributed by atoms with van der Waals surface area (Å²) >= 11 is 0. The van der Waals surface area contributed by atoms with Gasteiger partial charge in [0.05, 0.1) is 10.5 Å². The number of nitrogens with zero attached hydrogens (tertiary/aromatic N) is 1. The van der Waals surface area contributed by atoms with Crippen molar-refractivity contribution in [3.8, 4) is 0 Å². The van der Waals surface area contributed by atoms with Crippen LogP contribution in [0.25, 0.3) is 0 Å². The van der Waals surface area contributed by atoms with Gasteiger partial charge in [0.2, 0.25) is 0 Å². The Morgan fingerprint density at radius 2 is 1.53 bits per heavy atom. The second-order valence-corrected chi connectivity index (χ2v) is 8.72. The lowest BCUT2D eigenvalue weighted by molar-refractivity contribution is -0.137. The molecule has 162 valence electrons. The summed E-state index contributed by atoms with van der Waals surface area (Å²) in [5, 5.41) is 2.74. The molecule has 0 spiro atoms. The lowest BCUT2D eigenvalue weighted by Gasteiger charge is -2.20. The van der Waals surface area contributed by atoms with Crippen LogP contribution in [0.4, 0.5) is 29.3 Å². The van der Waals surface area contributed by atoms with Crippen LogP contribution in [0.15, 0.2) is 53.4 Å². The van der Waals surface area contributed by atoms with Gasteiger partial charge in [-0.1, -0.05) is 18.9 Å². The van der Waals surface area contributed by atoms with Gasteiger partial charge in [-0.3, -0.25) is 4.72 Å². The van der Waals surface area contributed by atoms with E-state index in [4.69, 9.17) is 0 Å². The number of urea groups is 1. The first-order valence-electron chi connectivity index (χ1n) is 9.51. The van der Waals surface area contributed by atoms with Crippen LogP contribution in [-0.4, -0.2) is 32.4 Å². The fourth-order valence-corrected chi connectivity index (χ4v) is 4.22. The molecule has 1 heterocycles. The second-order valence-electron chi connectivity index (χ2n) is 7.04. The minimum Gasteiger partial charge on any atom is -0.325 e. The maximum atomic E-state index is 12.8. The number of rotatable bonds is 4. The number of halogens is 3. The highest BCUT2D eigenvalue weighted by Crippen LogP contribution is 2.31. The number of benzene rings is 2. The van der Waals surface area contributed by atoms with Crippen molar-refractivity contribution >= 4 is 27.4 Å². The number of hydrogen-bond acceptors (Lipinski definition) is 3. The lowest BCUT2D eigenvalue weighted by Crippen LogP contribution is -2.35. The fourth-order valence-electron chi connectivity index (χ4n) is 3.17. The van der Waals surface area contributed by atoms with Crippen LogP contribution < -0.4 is 10.0 Å². The monoisotopic (exact) mass is 441 g/mol. The van der Waals surface area contributed by atoms with Gasteiger partial charge < -0.3 is 10.2 Å². The van der Waals surface area contributed by atoms with Gasteiger partial charge in [0, 0.05) is 24.5 Å². The van der Waals surface area contributed by atoms with Crippen molar-refractivity contribution in [2.45, 2.75) is 36.8 Å². The minimum absolute atomic E-state index is 0.132. The van der Waals surface area contributed by atoms with E-state index in [0.717, 1.165) is 43.9 Å². The minimum atomic E-state index is -4.57. The quantitative estimate of drug-likeness (QED) is 0.707. The first kappa shape index (κ1) is 21.9. The van der Waals surface area contributed by atoms with Crippen LogP contribution in [0.2, 0.25) is 0 Å². The van der Waals surface area contributed by atoms with Gasteiger partial charge in [-0.05, 0) is 55.3 Å². The van der Waals surface area contributed by atoms with Crippen molar-refractivity contribution in [1.82, 2.24) is 4.90 Å². The Morgan fingerprint density at radius 3 is 2.13 bits per heavy atom. The number of sulfonamides is 1. The summed E-state index contributed by atoms with van der Waals surface area (Å²) in [7, 11) is -4.09. The predicted octanol–water partition coefficient (Wildman–Crippen LogP) is 4.91. The maximum Gasteiger partial charge on any atom is 0.416 e. The molecular weight excluding hydrogens is 419 g/mol. The molecule has 0 saturated carbocycles. The zero-order valence-corrected chi connectivity index (χ0v) is 16.9. The molecule has 2 amide bonds. The van der Waals surface area contributed by atoms with E-state index in [0.29, 0.717) is 18.8 Å². The topological polar surface area (TPSA) is 78.5 Å². The molecule has 2 aromatic rings. The first-order chi connectivity index (χ1) is 14.1. The molecule has 1 saturated heterocycles. The summed E-state index contributed by atoms with van der Waals surface area (Å²) in [5.74, 6) is 0. The smallest absolute Gasteiger partial charge is 0.325 e. The number of likely N-dealkylation sites (tertiary alicyclic amines) is 1. The molecule has 1 aliphatic heterocycles. The van der Waals surface area contributed by atoms with Crippen LogP contribution in [-0.2, 0) is 16.2 Å². The molecule has 10 heteroatoms. The summed E-state index contributed by atoms with van der Waals surface area (Å²) in [4.78, 5) is 13.9. The van der Waals surface area contributed by atoms with Crippen LogP contribution in [0.5, 0.6) is 0 Å². The molecule has 1 fully saturated rings. The number of anilines is 2. The molecule has 30 heavy (non-hydrogen) atoms. The molecule has 2 N–H and O–H groups in total. The maximum absolute atomic E-state index is 12.8. The number of alkyl halides is 3. The molecule has 0 unspecified atom stereocenters. The number of carbonyl (C=O) groups is 1. The highest BCUT2D eigenvalue weighted by Gasteiger charge is 2.30. The predicted molar refractivity (Wildman–Crippen MR) is 108 cm³/mol. The van der Waals surface area contributed by atoms with Crippen molar-refractivity contribution in [2.24, 2.45) is 0 Å². The van der Waals surface area contributed by atoms with E-state index in [-0.39, 0.29) is 16.6 Å². The number of carbonyl (C=O) groups excluding carboxylic acids is 1. The Morgan fingerprint density at radius 1 is 0.900 bits per heavy atom. The molecule has 0 aromatic heterocycles. The molecule has 0 atom stereocenters. The normalized spacial score (nSPS) is 15.4. The average Bonchev–Trinajstić information content (AvgIpc) is 2.97. The Bertz CT molecular complexity index is 984. The SMILES string of the molecule is O=C(Nc1ccc(S(=O)(=O)Nc2cccc(C(F)(F)F)c2)cc1)N1CCCCCC1. The molecule has 1 aliphatic rings. The van der Waals surface area contributed by atoms with Gasteiger partial charge in [-0.25, -0.2) is 13.2 Å². The summed E-state index contributed by atoms with van der Waals surface area (Å²) in [5.41, 5.74) is -0.708. The fraction of sp³-hybridized carbons (Fsp3) is 0.350. The van der Waals surface area contributed by atoms with Crippen LogP contribution >= 0.6 is 0 Å². The summed E-state index contributed by atoms with van der Waals surface area (Å²) in [6, 6.07) is 9.17. The Hall–Kier alpha value is -2.75. The van der Waals surface area contributed by atoms with E-state index in [1.54, 1.807) is 4.90 Å². The Balaban J connectivity index is 1.68. The van der Waals surface area contributed by atoms with Crippen molar-refractivity contribution in [3.05, 3.63) is 54.1 Å². The summed E-state index contributed by atoms with van der Waals surface area (Å²) < 4.78 is 65.6. The van der Waals surface area contributed by atoms with Crippen molar-refractivity contribution < 1.29 is 26.4 Å².